The van der Waals surface area contributed by atoms with E-state index < -0.39 is 35.7 Å². The topological polar surface area (TPSA) is 52.6 Å². The molecule has 1 rings (SSSR count). The SMILES string of the molecule is COC(=O)c1ccc(OC(=O)C(F)(F)C(F)(F)C(F)(F)F)cc1. The number of carbonyl (C=O) groups excluding carboxylic acids is 2. The van der Waals surface area contributed by atoms with Gasteiger partial charge in [-0.05, 0) is 24.3 Å². The van der Waals surface area contributed by atoms with Gasteiger partial charge in [0, 0.05) is 0 Å². The van der Waals surface area contributed by atoms with Crippen LogP contribution in [-0.2, 0) is 9.53 Å². The molecular formula is C12H7F7O4. The van der Waals surface area contributed by atoms with E-state index in [4.69, 9.17) is 0 Å². The van der Waals surface area contributed by atoms with Crippen LogP contribution in [0.1, 0.15) is 10.4 Å². The number of hydrogen-bond acceptors (Lipinski definition) is 4. The van der Waals surface area contributed by atoms with Gasteiger partial charge in [0.1, 0.15) is 5.75 Å². The zero-order chi connectivity index (χ0) is 18.1. The molecule has 0 aliphatic carbocycles. The number of alkyl halides is 7. The minimum absolute atomic E-state index is 0.0975. The van der Waals surface area contributed by atoms with E-state index in [-0.39, 0.29) is 5.56 Å². The van der Waals surface area contributed by atoms with Crippen LogP contribution in [0, 0.1) is 0 Å². The first-order chi connectivity index (χ1) is 10.3. The summed E-state index contributed by atoms with van der Waals surface area (Å²) in [5, 5.41) is 0. The van der Waals surface area contributed by atoms with Gasteiger partial charge in [-0.3, -0.25) is 0 Å². The van der Waals surface area contributed by atoms with Crippen molar-refractivity contribution in [3.8, 4) is 5.75 Å². The molecule has 0 fully saturated rings. The molecule has 0 heterocycles. The molecule has 0 unspecified atom stereocenters. The Kier molecular flexibility index (Phi) is 4.92. The fraction of sp³-hybridized carbons (Fsp3) is 0.333. The Labute approximate surface area is 123 Å². The lowest BCUT2D eigenvalue weighted by Gasteiger charge is -2.26. The van der Waals surface area contributed by atoms with Crippen LogP contribution < -0.4 is 4.74 Å². The Morgan fingerprint density at radius 1 is 0.913 bits per heavy atom. The molecular weight excluding hydrogens is 341 g/mol. The Bertz CT molecular complexity index is 592. The molecule has 0 bridgehead atoms. The summed E-state index contributed by atoms with van der Waals surface area (Å²) in [5.41, 5.74) is -0.0975. The summed E-state index contributed by atoms with van der Waals surface area (Å²) in [5.74, 6) is -17.4. The molecule has 1 aromatic carbocycles. The van der Waals surface area contributed by atoms with Crippen LogP contribution in [0.5, 0.6) is 5.75 Å². The zero-order valence-electron chi connectivity index (χ0n) is 11.1. The first-order valence-electron chi connectivity index (χ1n) is 5.57. The van der Waals surface area contributed by atoms with Crippen molar-refractivity contribution in [2.24, 2.45) is 0 Å². The van der Waals surface area contributed by atoms with Crippen LogP contribution in [0.4, 0.5) is 30.7 Å². The minimum atomic E-state index is -6.65. The Morgan fingerprint density at radius 3 is 1.78 bits per heavy atom. The van der Waals surface area contributed by atoms with Crippen LogP contribution >= 0.6 is 0 Å². The highest BCUT2D eigenvalue weighted by atomic mass is 19.4. The molecule has 23 heavy (non-hydrogen) atoms. The average Bonchev–Trinajstić information content (AvgIpc) is 2.45. The lowest BCUT2D eigenvalue weighted by molar-refractivity contribution is -0.346. The second-order valence-corrected chi connectivity index (χ2v) is 4.05. The zero-order valence-corrected chi connectivity index (χ0v) is 11.1. The molecule has 0 spiro atoms. The first kappa shape index (κ1) is 18.7. The van der Waals surface area contributed by atoms with Gasteiger partial charge in [-0.2, -0.15) is 30.7 Å². The molecule has 0 aromatic heterocycles. The normalized spacial score (nSPS) is 12.7. The molecule has 4 nitrogen and oxygen atoms in total. The highest BCUT2D eigenvalue weighted by molar-refractivity contribution is 5.89. The predicted molar refractivity (Wildman–Crippen MR) is 59.4 cm³/mol. The Balaban J connectivity index is 2.97. The van der Waals surface area contributed by atoms with Crippen LogP contribution in [0.15, 0.2) is 24.3 Å². The number of hydrogen-bond donors (Lipinski definition) is 0. The predicted octanol–water partition coefficient (Wildman–Crippen LogP) is 3.21. The van der Waals surface area contributed by atoms with Gasteiger partial charge >= 0.3 is 30.0 Å². The number of benzene rings is 1. The summed E-state index contributed by atoms with van der Waals surface area (Å²) in [6.07, 6.45) is -6.65. The maximum atomic E-state index is 13.0. The number of halogens is 7. The Hall–Kier alpha value is -2.33. The van der Waals surface area contributed by atoms with E-state index in [9.17, 15) is 40.3 Å². The number of methoxy groups -OCH3 is 1. The van der Waals surface area contributed by atoms with Crippen molar-refractivity contribution in [3.63, 3.8) is 0 Å². The summed E-state index contributed by atoms with van der Waals surface area (Å²) in [6, 6.07) is 3.33. The average molecular weight is 348 g/mol. The van der Waals surface area contributed by atoms with E-state index in [0.29, 0.717) is 0 Å². The second-order valence-electron chi connectivity index (χ2n) is 4.05. The second kappa shape index (κ2) is 6.05. The quantitative estimate of drug-likeness (QED) is 0.476. The highest BCUT2D eigenvalue weighted by Gasteiger charge is 2.77. The van der Waals surface area contributed by atoms with Crippen LogP contribution in [0.25, 0.3) is 0 Å². The smallest absolute Gasteiger partial charge is 0.460 e. The van der Waals surface area contributed by atoms with E-state index >= 15 is 0 Å². The van der Waals surface area contributed by atoms with E-state index in [1.807, 2.05) is 0 Å². The van der Waals surface area contributed by atoms with Crippen LogP contribution in [0.3, 0.4) is 0 Å². The Morgan fingerprint density at radius 2 is 1.39 bits per heavy atom. The van der Waals surface area contributed by atoms with E-state index in [1.54, 1.807) is 0 Å². The third-order valence-electron chi connectivity index (χ3n) is 2.49. The first-order valence-corrected chi connectivity index (χ1v) is 5.57. The fourth-order valence-corrected chi connectivity index (χ4v) is 1.25. The summed E-state index contributed by atoms with van der Waals surface area (Å²) in [7, 11) is 1.04. The summed E-state index contributed by atoms with van der Waals surface area (Å²) >= 11 is 0. The van der Waals surface area contributed by atoms with E-state index in [2.05, 4.69) is 9.47 Å². The molecule has 0 atom stereocenters. The lowest BCUT2D eigenvalue weighted by atomic mass is 10.1. The lowest BCUT2D eigenvalue weighted by Crippen LogP contribution is -2.57. The van der Waals surface area contributed by atoms with Gasteiger partial charge in [0.05, 0.1) is 12.7 Å². The third kappa shape index (κ3) is 3.54. The summed E-state index contributed by atoms with van der Waals surface area (Å²) in [6.45, 7) is 0. The third-order valence-corrected chi connectivity index (χ3v) is 2.49. The van der Waals surface area contributed by atoms with Crippen LogP contribution in [-0.4, -0.2) is 37.1 Å². The minimum Gasteiger partial charge on any atom is -0.465 e. The molecule has 0 N–H and O–H groups in total. The van der Waals surface area contributed by atoms with Gasteiger partial charge in [0.15, 0.2) is 0 Å². The fourth-order valence-electron chi connectivity index (χ4n) is 1.25. The van der Waals surface area contributed by atoms with Crippen LogP contribution in [0.2, 0.25) is 0 Å². The molecule has 0 saturated carbocycles. The van der Waals surface area contributed by atoms with Gasteiger partial charge in [-0.1, -0.05) is 0 Å². The van der Waals surface area contributed by atoms with Gasteiger partial charge < -0.3 is 9.47 Å². The number of ether oxygens (including phenoxy) is 2. The molecule has 0 amide bonds. The molecule has 0 saturated heterocycles. The summed E-state index contributed by atoms with van der Waals surface area (Å²) < 4.78 is 95.2. The number of esters is 2. The van der Waals surface area contributed by atoms with E-state index in [0.717, 1.165) is 31.4 Å². The van der Waals surface area contributed by atoms with Gasteiger partial charge in [-0.15, -0.1) is 0 Å². The van der Waals surface area contributed by atoms with Crippen molar-refractivity contribution in [1.29, 1.82) is 0 Å². The maximum absolute atomic E-state index is 13.0. The van der Waals surface area contributed by atoms with Gasteiger partial charge in [0.25, 0.3) is 0 Å². The molecule has 11 heteroatoms. The molecule has 128 valence electrons. The molecule has 0 aliphatic heterocycles. The molecule has 1 aromatic rings. The summed E-state index contributed by atoms with van der Waals surface area (Å²) in [4.78, 5) is 22.0. The largest absolute Gasteiger partial charge is 0.465 e. The number of rotatable bonds is 4. The van der Waals surface area contributed by atoms with Crippen molar-refractivity contribution in [2.45, 2.75) is 18.0 Å². The monoisotopic (exact) mass is 348 g/mol. The van der Waals surface area contributed by atoms with Crippen molar-refractivity contribution in [3.05, 3.63) is 29.8 Å². The van der Waals surface area contributed by atoms with Crippen molar-refractivity contribution < 1.29 is 49.8 Å². The standard InChI is InChI=1S/C12H7F7O4/c1-22-8(20)6-2-4-7(5-3-6)23-9(21)10(13,14)11(15,16)12(17,18)19/h2-5H,1H3. The maximum Gasteiger partial charge on any atom is 0.460 e. The van der Waals surface area contributed by atoms with Gasteiger partial charge in [-0.25, -0.2) is 9.59 Å². The van der Waals surface area contributed by atoms with Crippen molar-refractivity contribution in [2.75, 3.05) is 7.11 Å². The van der Waals surface area contributed by atoms with Crippen molar-refractivity contribution >= 4 is 11.9 Å². The highest BCUT2D eigenvalue weighted by Crippen LogP contribution is 2.47. The number of carbonyl (C=O) groups is 2. The van der Waals surface area contributed by atoms with Gasteiger partial charge in [0.2, 0.25) is 0 Å². The molecule has 0 radical (unpaired) electrons. The molecule has 0 aliphatic rings. The van der Waals surface area contributed by atoms with Crippen molar-refractivity contribution in [1.82, 2.24) is 0 Å². The van der Waals surface area contributed by atoms with E-state index in [1.165, 1.54) is 0 Å².